The lowest BCUT2D eigenvalue weighted by Gasteiger charge is -2.20. The van der Waals surface area contributed by atoms with E-state index in [9.17, 15) is 0 Å². The second-order valence-electron chi connectivity index (χ2n) is 7.74. The van der Waals surface area contributed by atoms with Gasteiger partial charge in [0.2, 0.25) is 0 Å². The lowest BCUT2D eigenvalue weighted by Crippen LogP contribution is -2.12. The van der Waals surface area contributed by atoms with Gasteiger partial charge in [0, 0.05) is 20.3 Å². The highest BCUT2D eigenvalue weighted by atomic mass is 16.5. The SMILES string of the molecule is CC(Oc1ccc(C(C)(C)C)cc1)c1ccnc2nc(N=CN(C)C)nn12. The van der Waals surface area contributed by atoms with Gasteiger partial charge >= 0.3 is 0 Å². The first-order valence-corrected chi connectivity index (χ1v) is 8.93. The van der Waals surface area contributed by atoms with Crippen molar-refractivity contribution in [2.45, 2.75) is 39.2 Å². The van der Waals surface area contributed by atoms with E-state index in [-0.39, 0.29) is 11.5 Å². The lowest BCUT2D eigenvalue weighted by molar-refractivity contribution is 0.218. The minimum Gasteiger partial charge on any atom is -0.484 e. The molecule has 0 amide bonds. The van der Waals surface area contributed by atoms with Crippen LogP contribution in [0.4, 0.5) is 5.95 Å². The lowest BCUT2D eigenvalue weighted by atomic mass is 9.87. The van der Waals surface area contributed by atoms with Gasteiger partial charge in [-0.15, -0.1) is 5.10 Å². The molecule has 142 valence electrons. The zero-order chi connectivity index (χ0) is 19.6. The molecule has 0 aliphatic rings. The minimum atomic E-state index is -0.219. The average molecular weight is 366 g/mol. The van der Waals surface area contributed by atoms with Crippen molar-refractivity contribution >= 4 is 18.1 Å². The zero-order valence-corrected chi connectivity index (χ0v) is 16.7. The van der Waals surface area contributed by atoms with E-state index in [1.165, 1.54) is 5.56 Å². The molecule has 1 unspecified atom stereocenters. The molecule has 0 aliphatic heterocycles. The second-order valence-corrected chi connectivity index (χ2v) is 7.74. The second kappa shape index (κ2) is 7.34. The Balaban J connectivity index is 1.84. The Morgan fingerprint density at radius 3 is 2.48 bits per heavy atom. The van der Waals surface area contributed by atoms with Gasteiger partial charge in [-0.2, -0.15) is 9.50 Å². The molecule has 0 saturated heterocycles. The van der Waals surface area contributed by atoms with Crippen LogP contribution in [0.15, 0.2) is 41.5 Å². The summed E-state index contributed by atoms with van der Waals surface area (Å²) in [6, 6.07) is 10.1. The van der Waals surface area contributed by atoms with Gasteiger partial charge in [0.15, 0.2) is 0 Å². The van der Waals surface area contributed by atoms with Crippen molar-refractivity contribution in [2.75, 3.05) is 14.1 Å². The van der Waals surface area contributed by atoms with Crippen LogP contribution < -0.4 is 4.74 Å². The number of aromatic nitrogens is 4. The summed E-state index contributed by atoms with van der Waals surface area (Å²) in [5.74, 6) is 1.67. The van der Waals surface area contributed by atoms with Gasteiger partial charge in [-0.1, -0.05) is 32.9 Å². The normalized spacial score (nSPS) is 13.3. The molecule has 1 aromatic carbocycles. The van der Waals surface area contributed by atoms with E-state index in [1.54, 1.807) is 17.1 Å². The average Bonchev–Trinajstić information content (AvgIpc) is 3.02. The number of nitrogens with zero attached hydrogens (tertiary/aromatic N) is 6. The number of fused-ring (bicyclic) bond motifs is 1. The predicted octanol–water partition coefficient (Wildman–Crippen LogP) is 3.78. The summed E-state index contributed by atoms with van der Waals surface area (Å²) in [4.78, 5) is 14.7. The van der Waals surface area contributed by atoms with E-state index in [0.29, 0.717) is 11.7 Å². The van der Waals surface area contributed by atoms with Crippen molar-refractivity contribution in [2.24, 2.45) is 4.99 Å². The maximum Gasteiger partial charge on any atom is 0.272 e. The maximum absolute atomic E-state index is 6.12. The molecule has 0 bridgehead atoms. The van der Waals surface area contributed by atoms with Crippen LogP contribution in [0.3, 0.4) is 0 Å². The standard InChI is InChI=1S/C20H26N6O/c1-14(27-16-9-7-15(8-10-16)20(2,3)4)17-11-12-21-19-23-18(24-26(17)19)22-13-25(5)6/h7-14H,1-6H3. The number of rotatable bonds is 5. The molecule has 27 heavy (non-hydrogen) atoms. The Kier molecular flexibility index (Phi) is 5.12. The molecule has 3 rings (SSSR count). The largest absolute Gasteiger partial charge is 0.484 e. The molecule has 7 heteroatoms. The van der Waals surface area contributed by atoms with Crippen LogP contribution in [0.25, 0.3) is 5.78 Å². The molecule has 0 N–H and O–H groups in total. The number of aliphatic imine (C=N–C) groups is 1. The fourth-order valence-corrected chi connectivity index (χ4v) is 2.63. The van der Waals surface area contributed by atoms with E-state index >= 15 is 0 Å². The molecule has 0 aliphatic carbocycles. The van der Waals surface area contributed by atoms with Crippen LogP contribution in [0, 0.1) is 0 Å². The Morgan fingerprint density at radius 2 is 1.85 bits per heavy atom. The monoisotopic (exact) mass is 366 g/mol. The quantitative estimate of drug-likeness (QED) is 0.508. The first kappa shape index (κ1) is 18.8. The molecule has 7 nitrogen and oxygen atoms in total. The van der Waals surface area contributed by atoms with Gasteiger partial charge in [-0.25, -0.2) is 9.98 Å². The van der Waals surface area contributed by atoms with Gasteiger partial charge in [-0.05, 0) is 36.1 Å². The van der Waals surface area contributed by atoms with Crippen molar-refractivity contribution in [1.82, 2.24) is 24.5 Å². The van der Waals surface area contributed by atoms with Crippen LogP contribution in [0.5, 0.6) is 5.75 Å². The summed E-state index contributed by atoms with van der Waals surface area (Å²) in [5, 5.41) is 4.43. The topological polar surface area (TPSA) is 67.9 Å². The number of hydrogen-bond acceptors (Lipinski definition) is 5. The maximum atomic E-state index is 6.12. The smallest absolute Gasteiger partial charge is 0.272 e. The van der Waals surface area contributed by atoms with E-state index in [1.807, 2.05) is 44.1 Å². The van der Waals surface area contributed by atoms with E-state index in [4.69, 9.17) is 4.74 Å². The van der Waals surface area contributed by atoms with Crippen molar-refractivity contribution in [3.63, 3.8) is 0 Å². The first-order valence-electron chi connectivity index (χ1n) is 8.93. The molecule has 2 heterocycles. The summed E-state index contributed by atoms with van der Waals surface area (Å²) >= 11 is 0. The molecule has 0 fully saturated rings. The molecule has 0 spiro atoms. The van der Waals surface area contributed by atoms with Crippen molar-refractivity contribution in [3.05, 3.63) is 47.8 Å². The zero-order valence-electron chi connectivity index (χ0n) is 16.7. The molecular formula is C20H26N6O. The van der Waals surface area contributed by atoms with Gasteiger partial charge in [0.1, 0.15) is 11.9 Å². The van der Waals surface area contributed by atoms with Crippen molar-refractivity contribution in [1.29, 1.82) is 0 Å². The Hall–Kier alpha value is -2.96. The van der Waals surface area contributed by atoms with E-state index in [2.05, 4.69) is 53.0 Å². The van der Waals surface area contributed by atoms with Crippen LogP contribution in [0.1, 0.15) is 45.1 Å². The predicted molar refractivity (Wildman–Crippen MR) is 107 cm³/mol. The highest BCUT2D eigenvalue weighted by Gasteiger charge is 2.16. The number of benzene rings is 1. The molecule has 1 atom stereocenters. The summed E-state index contributed by atoms with van der Waals surface area (Å²) < 4.78 is 7.80. The molecular weight excluding hydrogens is 340 g/mol. The third-order valence-electron chi connectivity index (χ3n) is 4.11. The molecule has 3 aromatic rings. The van der Waals surface area contributed by atoms with Gasteiger partial charge in [-0.3, -0.25) is 0 Å². The van der Waals surface area contributed by atoms with Crippen LogP contribution in [0.2, 0.25) is 0 Å². The van der Waals surface area contributed by atoms with Gasteiger partial charge in [0.25, 0.3) is 11.7 Å². The van der Waals surface area contributed by atoms with Crippen LogP contribution in [-0.2, 0) is 5.41 Å². The van der Waals surface area contributed by atoms with E-state index in [0.717, 1.165) is 11.4 Å². The van der Waals surface area contributed by atoms with Crippen LogP contribution >= 0.6 is 0 Å². The summed E-state index contributed by atoms with van der Waals surface area (Å²) in [7, 11) is 3.79. The van der Waals surface area contributed by atoms with Gasteiger partial charge in [0.05, 0.1) is 12.0 Å². The molecule has 0 radical (unpaired) electrons. The van der Waals surface area contributed by atoms with E-state index < -0.39 is 0 Å². The minimum absolute atomic E-state index is 0.117. The third-order valence-corrected chi connectivity index (χ3v) is 4.11. The van der Waals surface area contributed by atoms with Gasteiger partial charge < -0.3 is 9.64 Å². The Labute approximate surface area is 159 Å². The van der Waals surface area contributed by atoms with Crippen LogP contribution in [-0.4, -0.2) is 44.9 Å². The van der Waals surface area contributed by atoms with Crippen molar-refractivity contribution < 1.29 is 4.74 Å². The Morgan fingerprint density at radius 1 is 1.15 bits per heavy atom. The molecule has 2 aromatic heterocycles. The summed E-state index contributed by atoms with van der Waals surface area (Å²) in [6.45, 7) is 8.57. The number of ether oxygens (including phenoxy) is 1. The summed E-state index contributed by atoms with van der Waals surface area (Å²) in [6.07, 6.45) is 3.15. The fourth-order valence-electron chi connectivity index (χ4n) is 2.63. The summed E-state index contributed by atoms with van der Waals surface area (Å²) in [5.41, 5.74) is 2.25. The first-order chi connectivity index (χ1) is 12.7. The highest BCUT2D eigenvalue weighted by Crippen LogP contribution is 2.27. The fraction of sp³-hybridized carbons (Fsp3) is 0.400. The third kappa shape index (κ3) is 4.42. The molecule has 0 saturated carbocycles. The Bertz CT molecular complexity index is 937. The van der Waals surface area contributed by atoms with Crippen molar-refractivity contribution in [3.8, 4) is 5.75 Å². The highest BCUT2D eigenvalue weighted by molar-refractivity contribution is 5.58. The number of hydrogen-bond donors (Lipinski definition) is 0.